The van der Waals surface area contributed by atoms with Gasteiger partial charge < -0.3 is 9.84 Å². The Morgan fingerprint density at radius 3 is 2.61 bits per heavy atom. The van der Waals surface area contributed by atoms with Crippen LogP contribution in [0, 0.1) is 5.41 Å². The minimum absolute atomic E-state index is 0.0421. The molecule has 0 atom stereocenters. The third-order valence-electron chi connectivity index (χ3n) is 3.93. The lowest BCUT2D eigenvalue weighted by Gasteiger charge is -2.35. The van der Waals surface area contributed by atoms with Crippen LogP contribution in [0.3, 0.4) is 0 Å². The number of aliphatic hydroxyl groups is 1. The molecule has 0 bridgehead atoms. The zero-order valence-corrected chi connectivity index (χ0v) is 12.7. The maximum atomic E-state index is 9.75. The second kappa shape index (κ2) is 5.72. The fraction of sp³-hybridized carbons (Fsp3) is 0.769. The lowest BCUT2D eigenvalue weighted by atomic mass is 9.77. The lowest BCUT2D eigenvalue weighted by Crippen LogP contribution is -2.35. The number of halogens is 1. The monoisotopic (exact) mass is 316 g/mol. The highest BCUT2D eigenvalue weighted by molar-refractivity contribution is 9.10. The predicted octanol–water partition coefficient (Wildman–Crippen LogP) is 2.08. The Hall–Kier alpha value is -0.390. The fourth-order valence-corrected chi connectivity index (χ4v) is 3.32. The summed E-state index contributed by atoms with van der Waals surface area (Å²) in [5, 5.41) is 14.3. The maximum Gasteiger partial charge on any atom is 0.0766 e. The number of ether oxygens (including phenoxy) is 1. The number of aromatic nitrogens is 2. The minimum Gasteiger partial charge on any atom is -0.396 e. The van der Waals surface area contributed by atoms with Crippen molar-refractivity contribution in [3.05, 3.63) is 15.9 Å². The van der Waals surface area contributed by atoms with E-state index in [2.05, 4.69) is 28.0 Å². The lowest BCUT2D eigenvalue weighted by molar-refractivity contribution is -0.0167. The molecule has 2 rings (SSSR count). The van der Waals surface area contributed by atoms with Gasteiger partial charge in [-0.1, -0.05) is 6.92 Å². The van der Waals surface area contributed by atoms with Crippen LogP contribution in [0.5, 0.6) is 0 Å². The first-order valence-electron chi connectivity index (χ1n) is 6.51. The Morgan fingerprint density at radius 1 is 1.44 bits per heavy atom. The van der Waals surface area contributed by atoms with Crippen molar-refractivity contribution in [1.82, 2.24) is 9.78 Å². The number of aryl methyl sites for hydroxylation is 2. The van der Waals surface area contributed by atoms with Gasteiger partial charge in [-0.3, -0.25) is 4.68 Å². The molecule has 18 heavy (non-hydrogen) atoms. The quantitative estimate of drug-likeness (QED) is 0.925. The summed E-state index contributed by atoms with van der Waals surface area (Å²) in [6, 6.07) is 0. The normalized spacial score (nSPS) is 19.1. The molecule has 1 N–H and O–H groups in total. The van der Waals surface area contributed by atoms with Crippen LogP contribution >= 0.6 is 15.9 Å². The Labute approximate surface area is 116 Å². The zero-order valence-electron chi connectivity index (χ0n) is 11.1. The second-order valence-corrected chi connectivity index (χ2v) is 5.92. The summed E-state index contributed by atoms with van der Waals surface area (Å²) in [7, 11) is 1.98. The standard InChI is InChI=1S/C13H21BrN2O2/c1-3-10-12(14)11(16(2)15-10)8-13(9-17)4-6-18-7-5-13/h17H,3-9H2,1-2H3. The van der Waals surface area contributed by atoms with Crippen LogP contribution in [-0.2, 0) is 24.6 Å². The van der Waals surface area contributed by atoms with Gasteiger partial charge in [0.25, 0.3) is 0 Å². The molecular formula is C13H21BrN2O2. The number of rotatable bonds is 4. The highest BCUT2D eigenvalue weighted by atomic mass is 79.9. The van der Waals surface area contributed by atoms with Crippen molar-refractivity contribution >= 4 is 15.9 Å². The van der Waals surface area contributed by atoms with Gasteiger partial charge in [0.05, 0.1) is 15.9 Å². The van der Waals surface area contributed by atoms with Gasteiger partial charge in [0.2, 0.25) is 0 Å². The van der Waals surface area contributed by atoms with E-state index in [-0.39, 0.29) is 12.0 Å². The smallest absolute Gasteiger partial charge is 0.0766 e. The third kappa shape index (κ3) is 2.63. The van der Waals surface area contributed by atoms with Crippen LogP contribution in [0.2, 0.25) is 0 Å². The Balaban J connectivity index is 2.24. The molecule has 1 aliphatic heterocycles. The first-order chi connectivity index (χ1) is 8.62. The number of aliphatic hydroxyl groups excluding tert-OH is 1. The Bertz CT molecular complexity index is 411. The summed E-state index contributed by atoms with van der Waals surface area (Å²) >= 11 is 3.65. The molecule has 0 unspecified atom stereocenters. The Kier molecular flexibility index (Phi) is 4.45. The van der Waals surface area contributed by atoms with Crippen molar-refractivity contribution in [3.63, 3.8) is 0 Å². The van der Waals surface area contributed by atoms with Crippen LogP contribution in [0.1, 0.15) is 31.2 Å². The first-order valence-corrected chi connectivity index (χ1v) is 7.30. The average Bonchev–Trinajstić information content (AvgIpc) is 2.67. The minimum atomic E-state index is -0.0421. The zero-order chi connectivity index (χ0) is 13.2. The van der Waals surface area contributed by atoms with Crippen molar-refractivity contribution < 1.29 is 9.84 Å². The highest BCUT2D eigenvalue weighted by Crippen LogP contribution is 2.36. The van der Waals surface area contributed by atoms with Gasteiger partial charge in [-0.15, -0.1) is 0 Å². The van der Waals surface area contributed by atoms with E-state index in [1.165, 1.54) is 5.69 Å². The van der Waals surface area contributed by atoms with E-state index in [0.717, 1.165) is 49.1 Å². The molecule has 0 spiro atoms. The van der Waals surface area contributed by atoms with Gasteiger partial charge in [-0.25, -0.2) is 0 Å². The molecule has 1 saturated heterocycles. The first kappa shape index (κ1) is 14.0. The molecule has 102 valence electrons. The summed E-state index contributed by atoms with van der Waals surface area (Å²) in [4.78, 5) is 0. The predicted molar refractivity (Wildman–Crippen MR) is 73.6 cm³/mol. The summed E-state index contributed by atoms with van der Waals surface area (Å²) in [6.07, 6.45) is 3.62. The van der Waals surface area contributed by atoms with Crippen LogP contribution in [0.4, 0.5) is 0 Å². The molecule has 1 aliphatic rings. The molecule has 0 saturated carbocycles. The number of hydrogen-bond acceptors (Lipinski definition) is 3. The third-order valence-corrected chi connectivity index (χ3v) is 4.85. The maximum absolute atomic E-state index is 9.75. The van der Waals surface area contributed by atoms with E-state index in [9.17, 15) is 5.11 Å². The van der Waals surface area contributed by atoms with Crippen LogP contribution in [-0.4, -0.2) is 34.7 Å². The van der Waals surface area contributed by atoms with Gasteiger partial charge in [0.15, 0.2) is 0 Å². The molecule has 1 aromatic rings. The van der Waals surface area contributed by atoms with Crippen molar-refractivity contribution in [1.29, 1.82) is 0 Å². The van der Waals surface area contributed by atoms with Crippen LogP contribution in [0.25, 0.3) is 0 Å². The highest BCUT2D eigenvalue weighted by Gasteiger charge is 2.34. The Morgan fingerprint density at radius 2 is 2.11 bits per heavy atom. The van der Waals surface area contributed by atoms with Crippen molar-refractivity contribution in [2.24, 2.45) is 12.5 Å². The van der Waals surface area contributed by atoms with E-state index in [1.807, 2.05) is 11.7 Å². The molecule has 5 heteroatoms. The number of nitrogens with zero attached hydrogens (tertiary/aromatic N) is 2. The van der Waals surface area contributed by atoms with Crippen LogP contribution < -0.4 is 0 Å². The second-order valence-electron chi connectivity index (χ2n) is 5.13. The average molecular weight is 317 g/mol. The molecule has 0 radical (unpaired) electrons. The summed E-state index contributed by atoms with van der Waals surface area (Å²) in [5.41, 5.74) is 2.23. The summed E-state index contributed by atoms with van der Waals surface area (Å²) in [5.74, 6) is 0. The van der Waals surface area contributed by atoms with E-state index < -0.39 is 0 Å². The van der Waals surface area contributed by atoms with Gasteiger partial charge >= 0.3 is 0 Å². The van der Waals surface area contributed by atoms with Crippen LogP contribution in [0.15, 0.2) is 4.47 Å². The molecule has 0 aliphatic carbocycles. The molecule has 2 heterocycles. The van der Waals surface area contributed by atoms with E-state index in [1.54, 1.807) is 0 Å². The van der Waals surface area contributed by atoms with Gasteiger partial charge in [-0.05, 0) is 41.6 Å². The largest absolute Gasteiger partial charge is 0.396 e. The molecule has 0 aromatic carbocycles. The number of hydrogen-bond donors (Lipinski definition) is 1. The molecule has 0 amide bonds. The van der Waals surface area contributed by atoms with E-state index in [4.69, 9.17) is 4.74 Å². The molecule has 1 aromatic heterocycles. The van der Waals surface area contributed by atoms with Crippen molar-refractivity contribution in [3.8, 4) is 0 Å². The molecular weight excluding hydrogens is 296 g/mol. The molecule has 4 nitrogen and oxygen atoms in total. The van der Waals surface area contributed by atoms with Gasteiger partial charge in [0.1, 0.15) is 0 Å². The van der Waals surface area contributed by atoms with Gasteiger partial charge in [0, 0.05) is 32.3 Å². The van der Waals surface area contributed by atoms with Gasteiger partial charge in [-0.2, -0.15) is 5.10 Å². The van der Waals surface area contributed by atoms with E-state index >= 15 is 0 Å². The van der Waals surface area contributed by atoms with Crippen molar-refractivity contribution in [2.45, 2.75) is 32.6 Å². The summed E-state index contributed by atoms with van der Waals surface area (Å²) in [6.45, 7) is 3.82. The topological polar surface area (TPSA) is 47.3 Å². The van der Waals surface area contributed by atoms with E-state index in [0.29, 0.717) is 0 Å². The van der Waals surface area contributed by atoms with Crippen molar-refractivity contribution in [2.75, 3.05) is 19.8 Å². The summed E-state index contributed by atoms with van der Waals surface area (Å²) < 4.78 is 8.45. The molecule has 1 fully saturated rings. The SMILES string of the molecule is CCc1nn(C)c(CC2(CO)CCOCC2)c1Br. The fourth-order valence-electron chi connectivity index (χ4n) is 2.56.